The summed E-state index contributed by atoms with van der Waals surface area (Å²) in [6.07, 6.45) is 2.58. The molecule has 1 atom stereocenters. The molecule has 0 N–H and O–H groups in total. The number of aryl methyl sites for hydroxylation is 1. The second-order valence-corrected chi connectivity index (χ2v) is 6.25. The van der Waals surface area contributed by atoms with Crippen molar-refractivity contribution in [3.05, 3.63) is 35.4 Å². The second kappa shape index (κ2) is 6.42. The molecule has 104 valence electrons. The van der Waals surface area contributed by atoms with Gasteiger partial charge in [0.15, 0.2) is 0 Å². The van der Waals surface area contributed by atoms with Crippen LogP contribution in [0.15, 0.2) is 24.3 Å². The lowest BCUT2D eigenvalue weighted by Crippen LogP contribution is -2.40. The molecular weight excluding hydrogens is 258 g/mol. The van der Waals surface area contributed by atoms with Gasteiger partial charge in [-0.15, -0.1) is 11.6 Å². The number of amides is 1. The average Bonchev–Trinajstić information content (AvgIpc) is 2.41. The molecule has 0 spiro atoms. The van der Waals surface area contributed by atoms with E-state index in [0.29, 0.717) is 12.3 Å². The van der Waals surface area contributed by atoms with Crippen molar-refractivity contribution in [2.24, 2.45) is 5.92 Å². The number of rotatable bonds is 3. The quantitative estimate of drug-likeness (QED) is 0.777. The first-order valence-corrected chi connectivity index (χ1v) is 7.47. The minimum Gasteiger partial charge on any atom is -0.342 e. The lowest BCUT2D eigenvalue weighted by Gasteiger charge is -2.33. The fourth-order valence-corrected chi connectivity index (χ4v) is 2.85. The molecule has 1 aliphatic heterocycles. The maximum atomic E-state index is 12.2. The molecule has 19 heavy (non-hydrogen) atoms. The van der Waals surface area contributed by atoms with Gasteiger partial charge < -0.3 is 4.90 Å². The van der Waals surface area contributed by atoms with E-state index in [0.717, 1.165) is 31.5 Å². The molecule has 1 saturated heterocycles. The minimum absolute atomic E-state index is 0.217. The summed E-state index contributed by atoms with van der Waals surface area (Å²) in [6, 6.07) is 8.20. The van der Waals surface area contributed by atoms with E-state index in [4.69, 9.17) is 11.6 Å². The van der Waals surface area contributed by atoms with E-state index in [2.05, 4.69) is 26.0 Å². The Hall–Kier alpha value is -1.02. The molecule has 0 aromatic heterocycles. The molecular formula is C16H22ClNO. The molecule has 0 bridgehead atoms. The fraction of sp³-hybridized carbons (Fsp3) is 0.562. The Morgan fingerprint density at radius 3 is 2.42 bits per heavy atom. The van der Waals surface area contributed by atoms with Crippen molar-refractivity contribution in [1.82, 2.24) is 4.90 Å². The summed E-state index contributed by atoms with van der Waals surface area (Å²) in [6.45, 7) is 5.82. The predicted octanol–water partition coefficient (Wildman–Crippen LogP) is 3.40. The van der Waals surface area contributed by atoms with Crippen molar-refractivity contribution in [2.75, 3.05) is 13.1 Å². The molecule has 1 heterocycles. The Balaban J connectivity index is 1.86. The number of halogens is 1. The molecule has 1 aromatic carbocycles. The molecule has 2 nitrogen and oxygen atoms in total. The van der Waals surface area contributed by atoms with Crippen LogP contribution >= 0.6 is 11.6 Å². The summed E-state index contributed by atoms with van der Waals surface area (Å²) < 4.78 is 0. The van der Waals surface area contributed by atoms with Crippen molar-refractivity contribution >= 4 is 17.5 Å². The van der Waals surface area contributed by atoms with Gasteiger partial charge in [-0.05, 0) is 38.2 Å². The largest absolute Gasteiger partial charge is 0.342 e. The number of likely N-dealkylation sites (tertiary alicyclic amines) is 1. The Morgan fingerprint density at radius 2 is 1.89 bits per heavy atom. The van der Waals surface area contributed by atoms with E-state index in [9.17, 15) is 4.79 Å². The highest BCUT2D eigenvalue weighted by Crippen LogP contribution is 2.24. The molecule has 0 radical (unpaired) electrons. The number of hydrogen-bond acceptors (Lipinski definition) is 1. The van der Waals surface area contributed by atoms with E-state index in [1.807, 2.05) is 17.0 Å². The zero-order chi connectivity index (χ0) is 13.8. The Morgan fingerprint density at radius 1 is 1.32 bits per heavy atom. The first-order valence-electron chi connectivity index (χ1n) is 7.03. The smallest absolute Gasteiger partial charge is 0.226 e. The molecule has 1 unspecified atom stereocenters. The van der Waals surface area contributed by atoms with Crippen LogP contribution in [0.5, 0.6) is 0 Å². The monoisotopic (exact) mass is 279 g/mol. The van der Waals surface area contributed by atoms with Crippen molar-refractivity contribution in [2.45, 2.75) is 38.5 Å². The molecule has 0 saturated carbocycles. The normalized spacial score (nSPS) is 18.4. The molecule has 1 aromatic rings. The summed E-state index contributed by atoms with van der Waals surface area (Å²) in [5, 5.41) is 0.217. The molecule has 1 aliphatic rings. The van der Waals surface area contributed by atoms with Gasteiger partial charge in [0.25, 0.3) is 0 Å². The number of hydrogen-bond donors (Lipinski definition) is 0. The third-order valence-electron chi connectivity index (χ3n) is 4.02. The van der Waals surface area contributed by atoms with Crippen LogP contribution in [-0.4, -0.2) is 29.3 Å². The summed E-state index contributed by atoms with van der Waals surface area (Å²) in [5.41, 5.74) is 2.33. The van der Waals surface area contributed by atoms with Crippen molar-refractivity contribution in [3.63, 3.8) is 0 Å². The number of carbonyl (C=O) groups excluding carboxylic acids is 1. The van der Waals surface area contributed by atoms with Crippen LogP contribution in [0.25, 0.3) is 0 Å². The van der Waals surface area contributed by atoms with Gasteiger partial charge in [0.2, 0.25) is 5.91 Å². The van der Waals surface area contributed by atoms with Gasteiger partial charge in [0, 0.05) is 18.5 Å². The second-order valence-electron chi connectivity index (χ2n) is 5.56. The Bertz CT molecular complexity index is 419. The lowest BCUT2D eigenvalue weighted by atomic mass is 9.93. The van der Waals surface area contributed by atoms with Crippen LogP contribution in [0.4, 0.5) is 0 Å². The highest BCUT2D eigenvalue weighted by atomic mass is 35.5. The summed E-state index contributed by atoms with van der Waals surface area (Å²) in [5.74, 6) is 0.801. The molecule has 3 heteroatoms. The van der Waals surface area contributed by atoms with Crippen LogP contribution < -0.4 is 0 Å². The number of benzene rings is 1. The van der Waals surface area contributed by atoms with Crippen LogP contribution in [0.2, 0.25) is 0 Å². The Kier molecular flexibility index (Phi) is 4.87. The highest BCUT2D eigenvalue weighted by molar-refractivity contribution is 6.20. The van der Waals surface area contributed by atoms with Gasteiger partial charge in [0.1, 0.15) is 0 Å². The summed E-state index contributed by atoms with van der Waals surface area (Å²) >= 11 is 6.12. The van der Waals surface area contributed by atoms with Crippen LogP contribution in [0.1, 0.15) is 30.9 Å². The molecule has 1 amide bonds. The number of piperidine rings is 1. The van der Waals surface area contributed by atoms with Gasteiger partial charge >= 0.3 is 0 Å². The van der Waals surface area contributed by atoms with Crippen molar-refractivity contribution < 1.29 is 4.79 Å². The third-order valence-corrected chi connectivity index (χ3v) is 4.37. The fourth-order valence-electron chi connectivity index (χ4n) is 2.60. The van der Waals surface area contributed by atoms with Gasteiger partial charge in [-0.1, -0.05) is 29.8 Å². The number of nitrogens with zero attached hydrogens (tertiary/aromatic N) is 1. The highest BCUT2D eigenvalue weighted by Gasteiger charge is 2.25. The summed E-state index contributed by atoms with van der Waals surface area (Å²) in [4.78, 5) is 14.2. The van der Waals surface area contributed by atoms with Crippen molar-refractivity contribution in [1.29, 1.82) is 0 Å². The molecule has 2 rings (SSSR count). The average molecular weight is 280 g/mol. The number of carbonyl (C=O) groups is 1. The van der Waals surface area contributed by atoms with E-state index >= 15 is 0 Å². The predicted molar refractivity (Wildman–Crippen MR) is 79.5 cm³/mol. The first-order chi connectivity index (χ1) is 9.06. The van der Waals surface area contributed by atoms with Crippen LogP contribution in [0.3, 0.4) is 0 Å². The zero-order valence-electron chi connectivity index (χ0n) is 11.7. The lowest BCUT2D eigenvalue weighted by molar-refractivity contribution is -0.131. The summed E-state index contributed by atoms with van der Waals surface area (Å²) in [7, 11) is 0. The number of alkyl halides is 1. The first kappa shape index (κ1) is 14.4. The zero-order valence-corrected chi connectivity index (χ0v) is 12.5. The maximum absolute atomic E-state index is 12.2. The molecule has 1 fully saturated rings. The van der Waals surface area contributed by atoms with E-state index < -0.39 is 0 Å². The van der Waals surface area contributed by atoms with E-state index in [1.54, 1.807) is 0 Å². The Labute approximate surface area is 120 Å². The van der Waals surface area contributed by atoms with Crippen LogP contribution in [0, 0.1) is 12.8 Å². The minimum atomic E-state index is 0.217. The van der Waals surface area contributed by atoms with E-state index in [1.165, 1.54) is 5.56 Å². The van der Waals surface area contributed by atoms with E-state index in [-0.39, 0.29) is 11.3 Å². The van der Waals surface area contributed by atoms with Crippen molar-refractivity contribution in [3.8, 4) is 0 Å². The SMILES string of the molecule is Cc1ccc(CC(=O)N2CCC(C(C)Cl)CC2)cc1. The van der Waals surface area contributed by atoms with Gasteiger partial charge in [-0.3, -0.25) is 4.79 Å². The van der Waals surface area contributed by atoms with Gasteiger partial charge in [-0.2, -0.15) is 0 Å². The third kappa shape index (κ3) is 3.97. The topological polar surface area (TPSA) is 20.3 Å². The van der Waals surface area contributed by atoms with Gasteiger partial charge in [-0.25, -0.2) is 0 Å². The maximum Gasteiger partial charge on any atom is 0.226 e. The standard InChI is InChI=1S/C16H22ClNO/c1-12-3-5-14(6-4-12)11-16(19)18-9-7-15(8-10-18)13(2)17/h3-6,13,15H,7-11H2,1-2H3. The van der Waals surface area contributed by atoms with Crippen LogP contribution in [-0.2, 0) is 11.2 Å². The van der Waals surface area contributed by atoms with Gasteiger partial charge in [0.05, 0.1) is 6.42 Å². The molecule has 0 aliphatic carbocycles.